The summed E-state index contributed by atoms with van der Waals surface area (Å²) in [7, 11) is 0. The topological polar surface area (TPSA) is 67.8 Å². The molecule has 0 radical (unpaired) electrons. The highest BCUT2D eigenvalue weighted by Gasteiger charge is 2.22. The van der Waals surface area contributed by atoms with Gasteiger partial charge in [-0.1, -0.05) is 36.7 Å². The van der Waals surface area contributed by atoms with Crippen molar-refractivity contribution >= 4 is 23.3 Å². The Morgan fingerprint density at radius 1 is 0.909 bits per heavy atom. The van der Waals surface area contributed by atoms with Gasteiger partial charge in [0.2, 0.25) is 0 Å². The fraction of sp³-hybridized carbons (Fsp3) is 0.320. The Balaban J connectivity index is 1.25. The lowest BCUT2D eigenvalue weighted by Crippen LogP contribution is -2.50. The Morgan fingerprint density at radius 2 is 1.61 bits per heavy atom. The number of halogens is 1. The molecule has 1 aromatic heterocycles. The standard InChI is InChI=1S/C25H27ClN4O3/c1-2-17-32-19-7-9-20(10-8-19)33-18-25(31)30-15-13-29(14-16-30)24-12-11-23(27-28-24)21-5-3-4-6-22(21)26/h3-12H,2,13-18H2,1H3. The quantitative estimate of drug-likeness (QED) is 0.492. The molecule has 172 valence electrons. The predicted molar refractivity (Wildman–Crippen MR) is 129 cm³/mol. The first-order valence-electron chi connectivity index (χ1n) is 11.1. The Morgan fingerprint density at radius 3 is 2.24 bits per heavy atom. The minimum Gasteiger partial charge on any atom is -0.494 e. The molecule has 2 aromatic carbocycles. The molecule has 1 aliphatic heterocycles. The van der Waals surface area contributed by atoms with Crippen LogP contribution < -0.4 is 14.4 Å². The maximum atomic E-state index is 12.6. The van der Waals surface area contributed by atoms with Crippen LogP contribution in [0.15, 0.2) is 60.7 Å². The third kappa shape index (κ3) is 5.93. The summed E-state index contributed by atoms with van der Waals surface area (Å²) in [6.45, 7) is 5.36. The first kappa shape index (κ1) is 22.9. The molecule has 3 aromatic rings. The normalized spacial score (nSPS) is 13.6. The lowest BCUT2D eigenvalue weighted by Gasteiger charge is -2.35. The largest absolute Gasteiger partial charge is 0.494 e. The number of ether oxygens (including phenoxy) is 2. The first-order valence-corrected chi connectivity index (χ1v) is 11.5. The number of aromatic nitrogens is 2. The number of hydrogen-bond donors (Lipinski definition) is 0. The molecule has 7 nitrogen and oxygen atoms in total. The average molecular weight is 467 g/mol. The molecule has 4 rings (SSSR count). The number of piperazine rings is 1. The van der Waals surface area contributed by atoms with Crippen molar-refractivity contribution in [2.75, 3.05) is 44.3 Å². The molecule has 0 N–H and O–H groups in total. The van der Waals surface area contributed by atoms with Crippen molar-refractivity contribution in [1.29, 1.82) is 0 Å². The molecule has 0 spiro atoms. The second kappa shape index (κ2) is 11.0. The summed E-state index contributed by atoms with van der Waals surface area (Å²) in [6.07, 6.45) is 0.959. The summed E-state index contributed by atoms with van der Waals surface area (Å²) in [4.78, 5) is 16.5. The van der Waals surface area contributed by atoms with E-state index in [9.17, 15) is 4.79 Å². The summed E-state index contributed by atoms with van der Waals surface area (Å²) in [5.41, 5.74) is 1.59. The van der Waals surface area contributed by atoms with Crippen molar-refractivity contribution in [2.45, 2.75) is 13.3 Å². The fourth-order valence-electron chi connectivity index (χ4n) is 3.58. The van der Waals surface area contributed by atoms with E-state index in [0.29, 0.717) is 43.6 Å². The van der Waals surface area contributed by atoms with E-state index >= 15 is 0 Å². The number of rotatable bonds is 8. The van der Waals surface area contributed by atoms with Gasteiger partial charge in [0.1, 0.15) is 11.5 Å². The number of hydrogen-bond acceptors (Lipinski definition) is 6. The van der Waals surface area contributed by atoms with Crippen LogP contribution in [0.1, 0.15) is 13.3 Å². The summed E-state index contributed by atoms with van der Waals surface area (Å²) < 4.78 is 11.2. The molecule has 1 fully saturated rings. The van der Waals surface area contributed by atoms with Crippen molar-refractivity contribution in [3.63, 3.8) is 0 Å². The second-order valence-corrected chi connectivity index (χ2v) is 8.14. The highest BCUT2D eigenvalue weighted by molar-refractivity contribution is 6.33. The molecule has 0 saturated carbocycles. The van der Waals surface area contributed by atoms with Crippen LogP contribution in [0.25, 0.3) is 11.3 Å². The van der Waals surface area contributed by atoms with Gasteiger partial charge in [0.05, 0.1) is 17.3 Å². The molecular formula is C25H27ClN4O3. The monoisotopic (exact) mass is 466 g/mol. The van der Waals surface area contributed by atoms with E-state index in [2.05, 4.69) is 22.0 Å². The second-order valence-electron chi connectivity index (χ2n) is 7.73. The highest BCUT2D eigenvalue weighted by Crippen LogP contribution is 2.26. The Kier molecular flexibility index (Phi) is 7.62. The van der Waals surface area contributed by atoms with Crippen molar-refractivity contribution in [3.05, 3.63) is 65.7 Å². The van der Waals surface area contributed by atoms with Gasteiger partial charge in [0.15, 0.2) is 12.4 Å². The van der Waals surface area contributed by atoms with Gasteiger partial charge in [0, 0.05) is 31.7 Å². The van der Waals surface area contributed by atoms with Crippen molar-refractivity contribution < 1.29 is 14.3 Å². The third-order valence-electron chi connectivity index (χ3n) is 5.42. The van der Waals surface area contributed by atoms with Gasteiger partial charge >= 0.3 is 0 Å². The molecule has 1 saturated heterocycles. The van der Waals surface area contributed by atoms with Crippen LogP contribution >= 0.6 is 11.6 Å². The summed E-state index contributed by atoms with van der Waals surface area (Å²) in [5, 5.41) is 9.36. The molecular weight excluding hydrogens is 440 g/mol. The summed E-state index contributed by atoms with van der Waals surface area (Å²) in [5.74, 6) is 2.22. The highest BCUT2D eigenvalue weighted by atomic mass is 35.5. The fourth-order valence-corrected chi connectivity index (χ4v) is 3.81. The Labute approximate surface area is 198 Å². The number of anilines is 1. The molecule has 33 heavy (non-hydrogen) atoms. The zero-order chi connectivity index (χ0) is 23.0. The summed E-state index contributed by atoms with van der Waals surface area (Å²) in [6, 6.07) is 18.8. The number of carbonyl (C=O) groups is 1. The predicted octanol–water partition coefficient (Wildman–Crippen LogP) is 4.31. The average Bonchev–Trinajstić information content (AvgIpc) is 2.87. The van der Waals surface area contributed by atoms with Crippen LogP contribution in [0.4, 0.5) is 5.82 Å². The van der Waals surface area contributed by atoms with E-state index in [1.807, 2.05) is 65.6 Å². The maximum absolute atomic E-state index is 12.6. The smallest absolute Gasteiger partial charge is 0.260 e. The van der Waals surface area contributed by atoms with Gasteiger partial charge < -0.3 is 19.3 Å². The van der Waals surface area contributed by atoms with E-state index < -0.39 is 0 Å². The van der Waals surface area contributed by atoms with E-state index in [1.54, 1.807) is 0 Å². The van der Waals surface area contributed by atoms with Crippen LogP contribution in [-0.4, -0.2) is 60.4 Å². The van der Waals surface area contributed by atoms with E-state index in [1.165, 1.54) is 0 Å². The molecule has 0 aliphatic carbocycles. The molecule has 1 aliphatic rings. The maximum Gasteiger partial charge on any atom is 0.260 e. The molecule has 2 heterocycles. The van der Waals surface area contributed by atoms with E-state index in [-0.39, 0.29) is 12.5 Å². The van der Waals surface area contributed by atoms with Gasteiger partial charge in [-0.3, -0.25) is 4.79 Å². The van der Waals surface area contributed by atoms with Crippen LogP contribution in [0.5, 0.6) is 11.5 Å². The van der Waals surface area contributed by atoms with E-state index in [0.717, 1.165) is 29.2 Å². The van der Waals surface area contributed by atoms with E-state index in [4.69, 9.17) is 21.1 Å². The zero-order valence-electron chi connectivity index (χ0n) is 18.6. The lowest BCUT2D eigenvalue weighted by molar-refractivity contribution is -0.133. The zero-order valence-corrected chi connectivity index (χ0v) is 19.4. The number of nitrogens with zero attached hydrogens (tertiary/aromatic N) is 4. The van der Waals surface area contributed by atoms with Crippen molar-refractivity contribution in [2.24, 2.45) is 0 Å². The number of benzene rings is 2. The number of amides is 1. The van der Waals surface area contributed by atoms with Gasteiger partial charge in [-0.15, -0.1) is 10.2 Å². The van der Waals surface area contributed by atoms with Crippen LogP contribution in [0, 0.1) is 0 Å². The molecule has 0 unspecified atom stereocenters. The van der Waals surface area contributed by atoms with Gasteiger partial charge in [0.25, 0.3) is 5.91 Å². The van der Waals surface area contributed by atoms with Gasteiger partial charge in [-0.05, 0) is 48.9 Å². The minimum absolute atomic E-state index is 0.0154. The lowest BCUT2D eigenvalue weighted by atomic mass is 10.1. The molecule has 8 heteroatoms. The van der Waals surface area contributed by atoms with Gasteiger partial charge in [-0.25, -0.2) is 0 Å². The first-order chi connectivity index (χ1) is 16.1. The molecule has 0 atom stereocenters. The van der Waals surface area contributed by atoms with Crippen molar-refractivity contribution in [1.82, 2.24) is 15.1 Å². The Bertz CT molecular complexity index is 1050. The SMILES string of the molecule is CCCOc1ccc(OCC(=O)N2CCN(c3ccc(-c4ccccc4Cl)nn3)CC2)cc1. The van der Waals surface area contributed by atoms with Crippen LogP contribution in [-0.2, 0) is 4.79 Å². The molecule has 1 amide bonds. The van der Waals surface area contributed by atoms with Crippen LogP contribution in [0.3, 0.4) is 0 Å². The Hall–Kier alpha value is -3.32. The molecule has 0 bridgehead atoms. The van der Waals surface area contributed by atoms with Crippen molar-refractivity contribution in [3.8, 4) is 22.8 Å². The van der Waals surface area contributed by atoms with Crippen LogP contribution in [0.2, 0.25) is 5.02 Å². The minimum atomic E-state index is -0.0267. The summed E-state index contributed by atoms with van der Waals surface area (Å²) >= 11 is 6.25. The number of carbonyl (C=O) groups excluding carboxylic acids is 1. The van der Waals surface area contributed by atoms with Gasteiger partial charge in [-0.2, -0.15) is 0 Å². The third-order valence-corrected chi connectivity index (χ3v) is 5.75.